The molecule has 30 heavy (non-hydrogen) atoms. The lowest BCUT2D eigenvalue weighted by molar-refractivity contribution is 0.114. The van der Waals surface area contributed by atoms with Crippen LogP contribution in [0.5, 0.6) is 11.6 Å². The van der Waals surface area contributed by atoms with E-state index in [1.54, 1.807) is 0 Å². The van der Waals surface area contributed by atoms with Crippen LogP contribution in [0.3, 0.4) is 0 Å². The second-order valence-electron chi connectivity index (χ2n) is 7.94. The number of hydrogen-bond donors (Lipinski definition) is 2. The lowest BCUT2D eigenvalue weighted by Crippen LogP contribution is -2.36. The van der Waals surface area contributed by atoms with Gasteiger partial charge in [-0.3, -0.25) is 0 Å². The van der Waals surface area contributed by atoms with Crippen molar-refractivity contribution in [2.45, 2.75) is 38.7 Å². The number of anilines is 2. The number of para-hydroxylation sites is 1. The largest absolute Gasteiger partial charge is 0.439 e. The highest BCUT2D eigenvalue weighted by Crippen LogP contribution is 2.27. The second-order valence-corrected chi connectivity index (χ2v) is 8.35. The molecule has 0 radical (unpaired) electrons. The van der Waals surface area contributed by atoms with Gasteiger partial charge in [0.15, 0.2) is 5.11 Å². The summed E-state index contributed by atoms with van der Waals surface area (Å²) in [6.45, 7) is 5.76. The Labute approximate surface area is 183 Å². The molecule has 1 aromatic heterocycles. The average Bonchev–Trinajstić information content (AvgIpc) is 3.27. The highest BCUT2D eigenvalue weighted by atomic mass is 32.1. The van der Waals surface area contributed by atoms with Crippen molar-refractivity contribution in [3.05, 3.63) is 36.4 Å². The van der Waals surface area contributed by atoms with Crippen LogP contribution in [0.4, 0.5) is 11.8 Å². The Kier molecular flexibility index (Phi) is 6.96. The minimum absolute atomic E-state index is 0.212. The Morgan fingerprint density at radius 3 is 2.73 bits per heavy atom. The topological polar surface area (TPSA) is 71.5 Å². The van der Waals surface area contributed by atoms with Crippen molar-refractivity contribution in [2.24, 2.45) is 5.92 Å². The molecule has 2 fully saturated rings. The molecule has 0 aliphatic carbocycles. The zero-order valence-electron chi connectivity index (χ0n) is 17.3. The monoisotopic (exact) mass is 427 g/mol. The molecule has 2 aliphatic heterocycles. The van der Waals surface area contributed by atoms with Crippen LogP contribution < -0.4 is 20.3 Å². The van der Waals surface area contributed by atoms with Crippen LogP contribution >= 0.6 is 12.2 Å². The van der Waals surface area contributed by atoms with Crippen molar-refractivity contribution < 1.29 is 9.47 Å². The molecule has 0 bridgehead atoms. The zero-order valence-corrected chi connectivity index (χ0v) is 18.2. The molecule has 0 saturated carbocycles. The van der Waals surface area contributed by atoms with E-state index in [1.807, 2.05) is 36.4 Å². The van der Waals surface area contributed by atoms with E-state index in [0.29, 0.717) is 23.5 Å². The van der Waals surface area contributed by atoms with Crippen LogP contribution in [0.25, 0.3) is 0 Å². The van der Waals surface area contributed by atoms with E-state index in [2.05, 4.69) is 27.4 Å². The van der Waals surface area contributed by atoms with E-state index in [9.17, 15) is 0 Å². The van der Waals surface area contributed by atoms with Crippen molar-refractivity contribution in [2.75, 3.05) is 36.5 Å². The first-order valence-electron chi connectivity index (χ1n) is 10.7. The van der Waals surface area contributed by atoms with E-state index < -0.39 is 0 Å². The number of nitrogens with zero attached hydrogens (tertiary/aromatic N) is 3. The van der Waals surface area contributed by atoms with Crippen molar-refractivity contribution in [1.82, 2.24) is 15.3 Å². The molecular formula is C22H29N5O2S. The van der Waals surface area contributed by atoms with Gasteiger partial charge < -0.3 is 25.0 Å². The van der Waals surface area contributed by atoms with Gasteiger partial charge in [-0.05, 0) is 56.0 Å². The summed E-state index contributed by atoms with van der Waals surface area (Å²) in [7, 11) is 0. The molecular weight excluding hydrogens is 398 g/mol. The summed E-state index contributed by atoms with van der Waals surface area (Å²) in [4.78, 5) is 11.5. The van der Waals surface area contributed by atoms with Gasteiger partial charge in [0, 0.05) is 32.3 Å². The van der Waals surface area contributed by atoms with Gasteiger partial charge in [0.05, 0.1) is 6.10 Å². The minimum Gasteiger partial charge on any atom is -0.439 e. The fourth-order valence-electron chi connectivity index (χ4n) is 3.69. The lowest BCUT2D eigenvalue weighted by Gasteiger charge is -2.31. The van der Waals surface area contributed by atoms with Gasteiger partial charge in [0.25, 0.3) is 0 Å². The Balaban J connectivity index is 1.48. The van der Waals surface area contributed by atoms with Crippen LogP contribution in [0.1, 0.15) is 32.6 Å². The van der Waals surface area contributed by atoms with Gasteiger partial charge in [-0.15, -0.1) is 0 Å². The molecule has 7 nitrogen and oxygen atoms in total. The molecule has 2 N–H and O–H groups in total. The van der Waals surface area contributed by atoms with Gasteiger partial charge in [0.1, 0.15) is 11.6 Å². The van der Waals surface area contributed by atoms with Crippen molar-refractivity contribution in [3.63, 3.8) is 0 Å². The molecule has 1 atom stereocenters. The lowest BCUT2D eigenvalue weighted by atomic mass is 9.99. The maximum absolute atomic E-state index is 5.99. The third-order valence-corrected chi connectivity index (χ3v) is 5.75. The summed E-state index contributed by atoms with van der Waals surface area (Å²) in [5.74, 6) is 3.26. The van der Waals surface area contributed by atoms with E-state index in [-0.39, 0.29) is 6.10 Å². The first-order chi connectivity index (χ1) is 14.7. The summed E-state index contributed by atoms with van der Waals surface area (Å²) >= 11 is 5.45. The van der Waals surface area contributed by atoms with Crippen LogP contribution in [0.15, 0.2) is 36.4 Å². The van der Waals surface area contributed by atoms with E-state index >= 15 is 0 Å². The number of benzene rings is 1. The average molecular weight is 428 g/mol. The number of hydrogen-bond acceptors (Lipinski definition) is 6. The van der Waals surface area contributed by atoms with Gasteiger partial charge in [-0.2, -0.15) is 9.97 Å². The van der Waals surface area contributed by atoms with Gasteiger partial charge in [-0.1, -0.05) is 25.1 Å². The maximum Gasteiger partial charge on any atom is 0.234 e. The third-order valence-electron chi connectivity index (χ3n) is 5.50. The Morgan fingerprint density at radius 2 is 2.00 bits per heavy atom. The molecule has 2 saturated heterocycles. The summed E-state index contributed by atoms with van der Waals surface area (Å²) in [5, 5.41) is 6.81. The summed E-state index contributed by atoms with van der Waals surface area (Å²) in [6, 6.07) is 11.5. The number of thiocarbonyl (C=S) groups is 1. The number of piperidine rings is 1. The molecule has 3 heterocycles. The Morgan fingerprint density at radius 1 is 1.20 bits per heavy atom. The maximum atomic E-state index is 5.99. The van der Waals surface area contributed by atoms with Crippen LogP contribution in [0, 0.1) is 5.92 Å². The fraction of sp³-hybridized carbons (Fsp3) is 0.500. The highest BCUT2D eigenvalue weighted by Gasteiger charge is 2.20. The normalized spacial score (nSPS) is 19.5. The molecule has 160 valence electrons. The number of nitrogens with one attached hydrogen (secondary N) is 2. The number of ether oxygens (including phenoxy) is 2. The van der Waals surface area contributed by atoms with Crippen LogP contribution in [-0.4, -0.2) is 47.4 Å². The number of rotatable bonds is 6. The van der Waals surface area contributed by atoms with E-state index in [4.69, 9.17) is 26.7 Å². The highest BCUT2D eigenvalue weighted by molar-refractivity contribution is 7.80. The Hall–Kier alpha value is -2.45. The Bertz CT molecular complexity index is 837. The zero-order chi connectivity index (χ0) is 20.8. The first kappa shape index (κ1) is 20.8. The SMILES string of the molecule is CC1CCN(c2cc(Oc3ccccc3)nc(NC(=S)NCC3CCCO3)n2)CC1. The molecule has 8 heteroatoms. The molecule has 1 unspecified atom stereocenters. The molecule has 0 spiro atoms. The smallest absolute Gasteiger partial charge is 0.234 e. The van der Waals surface area contributed by atoms with Crippen molar-refractivity contribution in [3.8, 4) is 11.6 Å². The summed E-state index contributed by atoms with van der Waals surface area (Å²) in [5.41, 5.74) is 0. The van der Waals surface area contributed by atoms with Gasteiger partial charge in [0.2, 0.25) is 11.8 Å². The molecule has 0 amide bonds. The predicted octanol–water partition coefficient (Wildman–Crippen LogP) is 3.97. The molecule has 2 aliphatic rings. The summed E-state index contributed by atoms with van der Waals surface area (Å²) < 4.78 is 11.6. The first-order valence-corrected chi connectivity index (χ1v) is 11.1. The van der Waals surface area contributed by atoms with Crippen molar-refractivity contribution in [1.29, 1.82) is 0 Å². The van der Waals surface area contributed by atoms with Crippen LogP contribution in [-0.2, 0) is 4.74 Å². The van der Waals surface area contributed by atoms with Gasteiger partial charge in [-0.25, -0.2) is 0 Å². The van der Waals surface area contributed by atoms with E-state index in [0.717, 1.165) is 62.9 Å². The van der Waals surface area contributed by atoms with Crippen LogP contribution in [0.2, 0.25) is 0 Å². The van der Waals surface area contributed by atoms with E-state index in [1.165, 1.54) is 0 Å². The molecule has 4 rings (SSSR count). The molecule has 1 aromatic carbocycles. The predicted molar refractivity (Wildman–Crippen MR) is 122 cm³/mol. The summed E-state index contributed by atoms with van der Waals surface area (Å²) in [6.07, 6.45) is 4.69. The number of aromatic nitrogens is 2. The van der Waals surface area contributed by atoms with Crippen molar-refractivity contribution >= 4 is 29.1 Å². The minimum atomic E-state index is 0.212. The third kappa shape index (κ3) is 5.79. The second kappa shape index (κ2) is 10.0. The standard InChI is InChI=1S/C22H29N5O2S/c1-16-9-11-27(12-10-16)19-14-20(29-17-6-3-2-4-7-17)25-21(24-19)26-22(30)23-15-18-8-5-13-28-18/h2-4,6-7,14,16,18H,5,8-13,15H2,1H3,(H2,23,24,25,26,30). The quantitative estimate of drug-likeness (QED) is 0.671. The van der Waals surface area contributed by atoms with Gasteiger partial charge >= 0.3 is 0 Å². The fourth-order valence-corrected chi connectivity index (χ4v) is 3.86. The molecule has 2 aromatic rings.